The number of esters is 1. The molecule has 0 aliphatic carbocycles. The molecular weight excluding hydrogens is 468 g/mol. The number of aryl methyl sites for hydroxylation is 1. The number of carbonyl (C=O) groups excluding carboxylic acids is 3. The Balaban J connectivity index is 1.47. The van der Waals surface area contributed by atoms with Gasteiger partial charge in [-0.2, -0.15) is 0 Å². The Labute approximate surface area is 207 Å². The molecule has 0 saturated carbocycles. The summed E-state index contributed by atoms with van der Waals surface area (Å²) in [6.45, 7) is 1.49. The number of thiophene rings is 1. The summed E-state index contributed by atoms with van der Waals surface area (Å²) in [5, 5.41) is 4.58. The van der Waals surface area contributed by atoms with Gasteiger partial charge in [-0.15, -0.1) is 11.3 Å². The van der Waals surface area contributed by atoms with Gasteiger partial charge >= 0.3 is 5.97 Å². The summed E-state index contributed by atoms with van der Waals surface area (Å²) in [4.78, 5) is 41.1. The largest absolute Gasteiger partial charge is 0.497 e. The van der Waals surface area contributed by atoms with Crippen LogP contribution in [-0.4, -0.2) is 38.6 Å². The van der Waals surface area contributed by atoms with Crippen LogP contribution in [0.2, 0.25) is 0 Å². The topological polar surface area (TPSA) is 94.2 Å². The molecular formula is C26H26N2O6S. The van der Waals surface area contributed by atoms with E-state index >= 15 is 0 Å². The molecule has 0 radical (unpaired) electrons. The summed E-state index contributed by atoms with van der Waals surface area (Å²) in [6.07, 6.45) is 0.00317. The molecule has 9 heteroatoms. The summed E-state index contributed by atoms with van der Waals surface area (Å²) in [7, 11) is 3.01. The monoisotopic (exact) mass is 494 g/mol. The van der Waals surface area contributed by atoms with Gasteiger partial charge in [0.25, 0.3) is 5.91 Å². The molecule has 8 nitrogen and oxygen atoms in total. The lowest BCUT2D eigenvalue weighted by molar-refractivity contribution is -0.152. The highest BCUT2D eigenvalue weighted by atomic mass is 32.1. The first kappa shape index (κ1) is 24.3. The second kappa shape index (κ2) is 10.6. The van der Waals surface area contributed by atoms with Crippen molar-refractivity contribution >= 4 is 40.5 Å². The number of hydrogen-bond donors (Lipinski definition) is 1. The molecule has 182 valence electrons. The zero-order valence-corrected chi connectivity index (χ0v) is 20.5. The van der Waals surface area contributed by atoms with Gasteiger partial charge in [0.1, 0.15) is 11.5 Å². The van der Waals surface area contributed by atoms with Crippen molar-refractivity contribution in [3.8, 4) is 11.5 Å². The van der Waals surface area contributed by atoms with Gasteiger partial charge in [-0.1, -0.05) is 23.8 Å². The van der Waals surface area contributed by atoms with Gasteiger partial charge in [0.15, 0.2) is 6.61 Å². The third kappa shape index (κ3) is 5.30. The number of benzene rings is 2. The van der Waals surface area contributed by atoms with E-state index in [-0.39, 0.29) is 12.3 Å². The van der Waals surface area contributed by atoms with E-state index in [4.69, 9.17) is 14.2 Å². The second-order valence-corrected chi connectivity index (χ2v) is 9.07. The zero-order chi connectivity index (χ0) is 24.9. The quantitative estimate of drug-likeness (QED) is 0.468. The van der Waals surface area contributed by atoms with Crippen molar-refractivity contribution < 1.29 is 28.6 Å². The molecule has 2 unspecified atom stereocenters. The summed E-state index contributed by atoms with van der Waals surface area (Å²) in [5.74, 6) is -1.02. The molecule has 1 aromatic heterocycles. The van der Waals surface area contributed by atoms with Gasteiger partial charge in [-0.3, -0.25) is 14.4 Å². The fourth-order valence-electron chi connectivity index (χ4n) is 4.07. The van der Waals surface area contributed by atoms with E-state index in [1.807, 2.05) is 48.7 Å². The molecule has 1 aliphatic rings. The van der Waals surface area contributed by atoms with Crippen LogP contribution in [0.5, 0.6) is 11.5 Å². The van der Waals surface area contributed by atoms with Crippen LogP contribution in [0.4, 0.5) is 11.4 Å². The molecule has 35 heavy (non-hydrogen) atoms. The third-order valence-corrected chi connectivity index (χ3v) is 6.74. The van der Waals surface area contributed by atoms with Crippen LogP contribution in [0.3, 0.4) is 0 Å². The van der Waals surface area contributed by atoms with Crippen molar-refractivity contribution in [2.24, 2.45) is 5.92 Å². The fourth-order valence-corrected chi connectivity index (χ4v) is 4.95. The van der Waals surface area contributed by atoms with E-state index in [0.29, 0.717) is 17.2 Å². The van der Waals surface area contributed by atoms with Crippen LogP contribution in [0.1, 0.15) is 22.9 Å². The van der Waals surface area contributed by atoms with Crippen LogP contribution in [0, 0.1) is 12.8 Å². The number of amides is 2. The standard InChI is InChI=1S/C26H26N2O6S/c1-16-6-8-17(9-7-16)28-24(30)14-19(25(28)22-5-4-12-35-22)26(31)34-15-23(29)27-20-11-10-18(32-2)13-21(20)33-3/h4-13,19,25H,14-15H2,1-3H3,(H,27,29). The van der Waals surface area contributed by atoms with Crippen molar-refractivity contribution in [1.29, 1.82) is 0 Å². The number of methoxy groups -OCH3 is 2. The third-order valence-electron chi connectivity index (χ3n) is 5.80. The number of carbonyl (C=O) groups is 3. The number of hydrogen-bond acceptors (Lipinski definition) is 7. The van der Waals surface area contributed by atoms with Gasteiger partial charge < -0.3 is 24.4 Å². The summed E-state index contributed by atoms with van der Waals surface area (Å²) in [5.41, 5.74) is 2.22. The highest BCUT2D eigenvalue weighted by molar-refractivity contribution is 7.10. The molecule has 2 aromatic carbocycles. The summed E-state index contributed by atoms with van der Waals surface area (Å²) < 4.78 is 15.8. The SMILES string of the molecule is COc1ccc(NC(=O)COC(=O)C2CC(=O)N(c3ccc(C)cc3)C2c2cccs2)c(OC)c1. The van der Waals surface area contributed by atoms with Gasteiger partial charge in [0.2, 0.25) is 5.91 Å². The smallest absolute Gasteiger partial charge is 0.312 e. The molecule has 1 fully saturated rings. The Bertz CT molecular complexity index is 1210. The Hall–Kier alpha value is -3.85. The maximum Gasteiger partial charge on any atom is 0.312 e. The fraction of sp³-hybridized carbons (Fsp3) is 0.269. The van der Waals surface area contributed by atoms with Crippen LogP contribution in [0.25, 0.3) is 0 Å². The van der Waals surface area contributed by atoms with Crippen molar-refractivity contribution in [2.75, 3.05) is 31.0 Å². The lowest BCUT2D eigenvalue weighted by Crippen LogP contribution is -2.31. The van der Waals surface area contributed by atoms with Gasteiger partial charge in [0, 0.05) is 23.1 Å². The molecule has 4 rings (SSSR count). The normalized spacial score (nSPS) is 17.2. The number of nitrogens with zero attached hydrogens (tertiary/aromatic N) is 1. The number of nitrogens with one attached hydrogen (secondary N) is 1. The molecule has 1 saturated heterocycles. The average Bonchev–Trinajstić information content (AvgIpc) is 3.51. The first-order valence-corrected chi connectivity index (χ1v) is 11.9. The minimum Gasteiger partial charge on any atom is -0.497 e. The number of ether oxygens (including phenoxy) is 3. The predicted octanol–water partition coefficient (Wildman–Crippen LogP) is 4.35. The molecule has 1 N–H and O–H groups in total. The van der Waals surface area contributed by atoms with E-state index in [1.165, 1.54) is 25.6 Å². The van der Waals surface area contributed by atoms with Gasteiger partial charge in [0.05, 0.1) is 31.9 Å². The zero-order valence-electron chi connectivity index (χ0n) is 19.6. The Kier molecular flexibility index (Phi) is 7.36. The number of rotatable bonds is 8. The molecule has 2 heterocycles. The van der Waals surface area contributed by atoms with Gasteiger partial charge in [-0.25, -0.2) is 0 Å². The lowest BCUT2D eigenvalue weighted by Gasteiger charge is -2.27. The van der Waals surface area contributed by atoms with E-state index in [1.54, 1.807) is 23.1 Å². The van der Waals surface area contributed by atoms with Crippen LogP contribution in [0.15, 0.2) is 60.0 Å². The molecule has 2 atom stereocenters. The first-order valence-electron chi connectivity index (χ1n) is 11.0. The second-order valence-electron chi connectivity index (χ2n) is 8.09. The van der Waals surface area contributed by atoms with Crippen LogP contribution in [-0.2, 0) is 19.1 Å². The molecule has 0 spiro atoms. The van der Waals surface area contributed by atoms with E-state index in [9.17, 15) is 14.4 Å². The van der Waals surface area contributed by atoms with E-state index in [0.717, 1.165) is 16.1 Å². The van der Waals surface area contributed by atoms with Gasteiger partial charge in [-0.05, 0) is 42.6 Å². The molecule has 0 bridgehead atoms. The summed E-state index contributed by atoms with van der Waals surface area (Å²) in [6, 6.07) is 15.8. The molecule has 3 aromatic rings. The minimum absolute atomic E-state index is 0.00317. The van der Waals surface area contributed by atoms with E-state index < -0.39 is 30.4 Å². The maximum atomic E-state index is 13.1. The van der Waals surface area contributed by atoms with Crippen molar-refractivity contribution in [2.45, 2.75) is 19.4 Å². The molecule has 1 aliphatic heterocycles. The minimum atomic E-state index is -0.731. The first-order chi connectivity index (χ1) is 16.9. The van der Waals surface area contributed by atoms with E-state index in [2.05, 4.69) is 5.32 Å². The van der Waals surface area contributed by atoms with Crippen molar-refractivity contribution in [3.05, 3.63) is 70.4 Å². The number of anilines is 2. The summed E-state index contributed by atoms with van der Waals surface area (Å²) >= 11 is 1.47. The van der Waals surface area contributed by atoms with Crippen molar-refractivity contribution in [1.82, 2.24) is 0 Å². The average molecular weight is 495 g/mol. The predicted molar refractivity (Wildman–Crippen MR) is 133 cm³/mol. The highest BCUT2D eigenvalue weighted by Gasteiger charge is 2.46. The van der Waals surface area contributed by atoms with Crippen molar-refractivity contribution in [3.63, 3.8) is 0 Å². The Morgan fingerprint density at radius 2 is 1.86 bits per heavy atom. The van der Waals surface area contributed by atoms with Crippen LogP contribution >= 0.6 is 11.3 Å². The Morgan fingerprint density at radius 1 is 1.09 bits per heavy atom. The lowest BCUT2D eigenvalue weighted by atomic mass is 9.99. The van der Waals surface area contributed by atoms with Crippen LogP contribution < -0.4 is 19.7 Å². The maximum absolute atomic E-state index is 13.1. The Morgan fingerprint density at radius 3 is 2.51 bits per heavy atom. The highest BCUT2D eigenvalue weighted by Crippen LogP contribution is 2.43. The molecule has 2 amide bonds.